The molecule has 0 aromatic carbocycles. The van der Waals surface area contributed by atoms with Crippen molar-refractivity contribution in [3.63, 3.8) is 0 Å². The Bertz CT molecular complexity index is 859. The summed E-state index contributed by atoms with van der Waals surface area (Å²) in [5.74, 6) is 0.878. The third-order valence-electron chi connectivity index (χ3n) is 5.87. The number of piperidine rings is 2. The van der Waals surface area contributed by atoms with Gasteiger partial charge in [0.2, 0.25) is 5.91 Å². The zero-order valence-corrected chi connectivity index (χ0v) is 16.4. The quantitative estimate of drug-likeness (QED) is 0.785. The van der Waals surface area contributed by atoms with E-state index in [0.717, 1.165) is 32.4 Å². The molecule has 0 saturated carbocycles. The summed E-state index contributed by atoms with van der Waals surface area (Å²) in [5, 5.41) is 8.07. The van der Waals surface area contributed by atoms with Crippen LogP contribution in [-0.4, -0.2) is 67.3 Å². The maximum absolute atomic E-state index is 12.9. The highest BCUT2D eigenvalue weighted by atomic mass is 16.3. The molecule has 9 nitrogen and oxygen atoms in total. The summed E-state index contributed by atoms with van der Waals surface area (Å²) < 4.78 is 6.93. The Hall–Kier alpha value is -2.71. The Morgan fingerprint density at radius 2 is 2.14 bits per heavy atom. The lowest BCUT2D eigenvalue weighted by Gasteiger charge is -2.47. The van der Waals surface area contributed by atoms with Crippen LogP contribution >= 0.6 is 0 Å². The molecule has 2 aliphatic rings. The lowest BCUT2D eigenvalue weighted by atomic mass is 9.83. The van der Waals surface area contributed by atoms with Crippen LogP contribution in [0.4, 0.5) is 0 Å². The number of hydrogen-bond acceptors (Lipinski definition) is 6. The molecule has 0 radical (unpaired) electrons. The fraction of sp³-hybridized carbons (Fsp3) is 0.632. The number of aryl methyl sites for hydroxylation is 2. The largest absolute Gasteiger partial charge is 0.448 e. The molecule has 4 rings (SSSR count). The number of carbonyl (C=O) groups is 2. The first-order valence-electron chi connectivity index (χ1n) is 9.94. The van der Waals surface area contributed by atoms with Gasteiger partial charge in [-0.25, -0.2) is 4.98 Å². The number of aromatic nitrogens is 4. The van der Waals surface area contributed by atoms with Gasteiger partial charge in [0.15, 0.2) is 12.1 Å². The van der Waals surface area contributed by atoms with E-state index in [-0.39, 0.29) is 24.3 Å². The molecule has 2 aromatic rings. The van der Waals surface area contributed by atoms with Gasteiger partial charge >= 0.3 is 0 Å². The van der Waals surface area contributed by atoms with Gasteiger partial charge in [-0.15, -0.1) is 5.10 Å². The number of rotatable bonds is 4. The number of carbonyl (C=O) groups excluding carboxylic acids is 2. The van der Waals surface area contributed by atoms with Crippen molar-refractivity contribution in [2.24, 2.45) is 5.92 Å². The SMILES string of the molecule is CCn1cc(CC(=O)N2CCC3C(CCCN3C(=O)c3ncoc3C)C2)nn1. The van der Waals surface area contributed by atoms with E-state index < -0.39 is 0 Å². The van der Waals surface area contributed by atoms with Crippen LogP contribution in [0.25, 0.3) is 0 Å². The predicted octanol–water partition coefficient (Wildman–Crippen LogP) is 1.29. The molecular weight excluding hydrogens is 360 g/mol. The Kier molecular flexibility index (Phi) is 5.15. The molecule has 0 aliphatic carbocycles. The van der Waals surface area contributed by atoms with Crippen molar-refractivity contribution in [1.82, 2.24) is 29.8 Å². The molecule has 2 aromatic heterocycles. The highest BCUT2D eigenvalue weighted by molar-refractivity contribution is 5.93. The summed E-state index contributed by atoms with van der Waals surface area (Å²) in [6.07, 6.45) is 6.18. The molecule has 2 saturated heterocycles. The van der Waals surface area contributed by atoms with Crippen molar-refractivity contribution in [2.75, 3.05) is 19.6 Å². The number of amides is 2. The molecule has 28 heavy (non-hydrogen) atoms. The summed E-state index contributed by atoms with van der Waals surface area (Å²) in [6.45, 7) is 6.57. The van der Waals surface area contributed by atoms with Gasteiger partial charge in [0.25, 0.3) is 5.91 Å². The predicted molar refractivity (Wildman–Crippen MR) is 99.4 cm³/mol. The molecule has 9 heteroatoms. The van der Waals surface area contributed by atoms with E-state index in [1.165, 1.54) is 6.39 Å². The molecular formula is C19H26N6O3. The first kappa shape index (κ1) is 18.6. The van der Waals surface area contributed by atoms with Crippen molar-refractivity contribution in [2.45, 2.75) is 52.1 Å². The average Bonchev–Trinajstić information content (AvgIpc) is 3.35. The van der Waals surface area contributed by atoms with Crippen molar-refractivity contribution in [3.8, 4) is 0 Å². The Morgan fingerprint density at radius 1 is 1.29 bits per heavy atom. The van der Waals surface area contributed by atoms with E-state index in [2.05, 4.69) is 15.3 Å². The average molecular weight is 386 g/mol. The van der Waals surface area contributed by atoms with Crippen molar-refractivity contribution >= 4 is 11.8 Å². The van der Waals surface area contributed by atoms with E-state index in [1.54, 1.807) is 11.6 Å². The molecule has 2 fully saturated rings. The maximum Gasteiger partial charge on any atom is 0.276 e. The number of nitrogens with zero attached hydrogens (tertiary/aromatic N) is 6. The van der Waals surface area contributed by atoms with Crippen LogP contribution in [0.2, 0.25) is 0 Å². The van der Waals surface area contributed by atoms with Gasteiger partial charge in [0, 0.05) is 38.4 Å². The summed E-state index contributed by atoms with van der Waals surface area (Å²) in [6, 6.07) is 0.155. The third kappa shape index (κ3) is 3.53. The topological polar surface area (TPSA) is 97.4 Å². The minimum absolute atomic E-state index is 0.0584. The molecule has 0 N–H and O–H groups in total. The summed E-state index contributed by atoms with van der Waals surface area (Å²) in [5.41, 5.74) is 1.11. The minimum atomic E-state index is -0.0584. The van der Waals surface area contributed by atoms with Crippen molar-refractivity contribution in [3.05, 3.63) is 29.7 Å². The van der Waals surface area contributed by atoms with Crippen LogP contribution in [-0.2, 0) is 17.8 Å². The van der Waals surface area contributed by atoms with Crippen LogP contribution in [0.5, 0.6) is 0 Å². The van der Waals surface area contributed by atoms with Gasteiger partial charge < -0.3 is 14.2 Å². The summed E-state index contributed by atoms with van der Waals surface area (Å²) in [7, 11) is 0. The van der Waals surface area contributed by atoms with Crippen LogP contribution in [0.3, 0.4) is 0 Å². The molecule has 2 unspecified atom stereocenters. The normalized spacial score (nSPS) is 22.2. The lowest BCUT2D eigenvalue weighted by Crippen LogP contribution is -2.57. The highest BCUT2D eigenvalue weighted by Crippen LogP contribution is 2.32. The van der Waals surface area contributed by atoms with E-state index in [1.807, 2.05) is 22.9 Å². The lowest BCUT2D eigenvalue weighted by molar-refractivity contribution is -0.133. The van der Waals surface area contributed by atoms with E-state index in [4.69, 9.17) is 4.42 Å². The number of likely N-dealkylation sites (tertiary alicyclic amines) is 2. The minimum Gasteiger partial charge on any atom is -0.448 e. The Labute approximate surface area is 163 Å². The van der Waals surface area contributed by atoms with Crippen LogP contribution in [0.15, 0.2) is 17.0 Å². The number of oxazole rings is 1. The van der Waals surface area contributed by atoms with Gasteiger partial charge in [-0.2, -0.15) is 0 Å². The van der Waals surface area contributed by atoms with E-state index in [9.17, 15) is 9.59 Å². The van der Waals surface area contributed by atoms with Crippen LogP contribution in [0, 0.1) is 12.8 Å². The summed E-state index contributed by atoms with van der Waals surface area (Å²) >= 11 is 0. The maximum atomic E-state index is 12.9. The fourth-order valence-electron chi connectivity index (χ4n) is 4.37. The standard InChI is InChI=1S/C19H26N6O3/c1-3-24-11-15(21-22-24)9-17(26)23-8-6-16-14(10-23)5-4-7-25(16)19(27)18-13(2)28-12-20-18/h11-12,14,16H,3-10H2,1-2H3. The van der Waals surface area contributed by atoms with Gasteiger partial charge in [-0.1, -0.05) is 5.21 Å². The fourth-order valence-corrected chi connectivity index (χ4v) is 4.37. The molecule has 0 bridgehead atoms. The van der Waals surface area contributed by atoms with Gasteiger partial charge in [0.1, 0.15) is 5.76 Å². The zero-order chi connectivity index (χ0) is 19.7. The zero-order valence-electron chi connectivity index (χ0n) is 16.4. The van der Waals surface area contributed by atoms with Crippen LogP contribution < -0.4 is 0 Å². The molecule has 2 aliphatic heterocycles. The number of fused-ring (bicyclic) bond motifs is 1. The summed E-state index contributed by atoms with van der Waals surface area (Å²) in [4.78, 5) is 33.6. The monoisotopic (exact) mass is 386 g/mol. The molecule has 0 spiro atoms. The van der Waals surface area contributed by atoms with Gasteiger partial charge in [-0.3, -0.25) is 14.3 Å². The number of hydrogen-bond donors (Lipinski definition) is 0. The molecule has 2 amide bonds. The first-order valence-corrected chi connectivity index (χ1v) is 9.94. The third-order valence-corrected chi connectivity index (χ3v) is 5.87. The van der Waals surface area contributed by atoms with Crippen molar-refractivity contribution in [1.29, 1.82) is 0 Å². The smallest absolute Gasteiger partial charge is 0.276 e. The Balaban J connectivity index is 1.40. The second-order valence-corrected chi connectivity index (χ2v) is 7.60. The molecule has 150 valence electrons. The second-order valence-electron chi connectivity index (χ2n) is 7.60. The first-order chi connectivity index (χ1) is 13.6. The second kappa shape index (κ2) is 7.73. The van der Waals surface area contributed by atoms with Gasteiger partial charge in [0.05, 0.1) is 12.1 Å². The van der Waals surface area contributed by atoms with E-state index in [0.29, 0.717) is 36.2 Å². The van der Waals surface area contributed by atoms with Gasteiger partial charge in [-0.05, 0) is 39.0 Å². The molecule has 2 atom stereocenters. The van der Waals surface area contributed by atoms with Crippen LogP contribution in [0.1, 0.15) is 48.1 Å². The van der Waals surface area contributed by atoms with E-state index >= 15 is 0 Å². The van der Waals surface area contributed by atoms with Crippen molar-refractivity contribution < 1.29 is 14.0 Å². The Morgan fingerprint density at radius 3 is 2.86 bits per heavy atom. The molecule has 4 heterocycles. The highest BCUT2D eigenvalue weighted by Gasteiger charge is 2.40.